The van der Waals surface area contributed by atoms with Gasteiger partial charge in [0.05, 0.1) is 6.10 Å². The Kier molecular flexibility index (Phi) is 5.61. The van der Waals surface area contributed by atoms with Gasteiger partial charge in [0.2, 0.25) is 0 Å². The van der Waals surface area contributed by atoms with Crippen molar-refractivity contribution in [1.29, 1.82) is 0 Å². The molecule has 1 aromatic heterocycles. The van der Waals surface area contributed by atoms with Crippen LogP contribution < -0.4 is 0 Å². The van der Waals surface area contributed by atoms with Crippen molar-refractivity contribution in [2.45, 2.75) is 59.1 Å². The lowest BCUT2D eigenvalue weighted by molar-refractivity contribution is 0.127. The van der Waals surface area contributed by atoms with Crippen molar-refractivity contribution >= 4 is 0 Å². The average Bonchev–Trinajstić information content (AvgIpc) is 2.72. The Morgan fingerprint density at radius 2 is 2.00 bits per heavy atom. The Hall–Kier alpha value is -0.760. The van der Waals surface area contributed by atoms with Gasteiger partial charge in [-0.25, -0.2) is 0 Å². The summed E-state index contributed by atoms with van der Waals surface area (Å²) in [4.78, 5) is 0. The first-order chi connectivity index (χ1) is 7.65. The van der Waals surface area contributed by atoms with E-state index in [1.54, 1.807) is 0 Å². The summed E-state index contributed by atoms with van der Waals surface area (Å²) in [5, 5.41) is 9.91. The molecule has 0 fully saturated rings. The van der Waals surface area contributed by atoms with E-state index >= 15 is 0 Å². The van der Waals surface area contributed by atoms with Crippen LogP contribution in [0.3, 0.4) is 0 Å². The van der Waals surface area contributed by atoms with Crippen molar-refractivity contribution in [2.24, 2.45) is 5.92 Å². The number of hydrogen-bond acceptors (Lipinski definition) is 1. The zero-order valence-electron chi connectivity index (χ0n) is 10.8. The van der Waals surface area contributed by atoms with Crippen LogP contribution >= 0.6 is 0 Å². The highest BCUT2D eigenvalue weighted by Crippen LogP contribution is 2.21. The lowest BCUT2D eigenvalue weighted by Crippen LogP contribution is -2.04. The summed E-state index contributed by atoms with van der Waals surface area (Å²) >= 11 is 0. The number of unbranched alkanes of at least 4 members (excludes halogenated alkanes) is 3. The first-order valence-electron chi connectivity index (χ1n) is 6.49. The van der Waals surface area contributed by atoms with E-state index in [9.17, 15) is 5.11 Å². The van der Waals surface area contributed by atoms with Gasteiger partial charge in [0.15, 0.2) is 0 Å². The van der Waals surface area contributed by atoms with Gasteiger partial charge in [0, 0.05) is 18.9 Å². The van der Waals surface area contributed by atoms with Crippen molar-refractivity contribution in [3.8, 4) is 0 Å². The van der Waals surface area contributed by atoms with Crippen molar-refractivity contribution in [1.82, 2.24) is 4.57 Å². The molecular formula is C14H25NO. The van der Waals surface area contributed by atoms with Crippen LogP contribution in [0.25, 0.3) is 0 Å². The van der Waals surface area contributed by atoms with E-state index in [1.165, 1.54) is 25.7 Å². The van der Waals surface area contributed by atoms with Crippen LogP contribution in [0.5, 0.6) is 0 Å². The smallest absolute Gasteiger partial charge is 0.0827 e. The maximum Gasteiger partial charge on any atom is 0.0827 e. The fourth-order valence-corrected chi connectivity index (χ4v) is 1.88. The number of rotatable bonds is 7. The summed E-state index contributed by atoms with van der Waals surface area (Å²) in [6.07, 6.45) is 8.98. The Morgan fingerprint density at radius 3 is 2.62 bits per heavy atom. The zero-order valence-corrected chi connectivity index (χ0v) is 10.8. The minimum Gasteiger partial charge on any atom is -0.388 e. The summed E-state index contributed by atoms with van der Waals surface area (Å²) in [7, 11) is 0. The second kappa shape index (κ2) is 6.74. The molecule has 2 nitrogen and oxygen atoms in total. The summed E-state index contributed by atoms with van der Waals surface area (Å²) < 4.78 is 2.19. The zero-order chi connectivity index (χ0) is 12.0. The van der Waals surface area contributed by atoms with E-state index < -0.39 is 0 Å². The standard InChI is InChI=1S/C14H25NO/c1-4-5-6-7-9-15-10-8-13(11-15)14(16)12(2)3/h8,10-12,14,16H,4-7,9H2,1-3H3. The third kappa shape index (κ3) is 4.01. The molecule has 1 heterocycles. The molecule has 0 saturated carbocycles. The maximum atomic E-state index is 9.91. The summed E-state index contributed by atoms with van der Waals surface area (Å²) in [5.74, 6) is 0.288. The van der Waals surface area contributed by atoms with E-state index in [0.717, 1.165) is 12.1 Å². The Bertz CT molecular complexity index is 291. The van der Waals surface area contributed by atoms with E-state index in [2.05, 4.69) is 23.9 Å². The third-order valence-electron chi connectivity index (χ3n) is 3.02. The molecule has 1 N–H and O–H groups in total. The van der Waals surface area contributed by atoms with Gasteiger partial charge >= 0.3 is 0 Å². The van der Waals surface area contributed by atoms with Gasteiger partial charge in [0.25, 0.3) is 0 Å². The SMILES string of the molecule is CCCCCCn1ccc(C(O)C(C)C)c1. The van der Waals surface area contributed by atoms with E-state index in [0.29, 0.717) is 0 Å². The minimum atomic E-state index is -0.322. The Balaban J connectivity index is 2.39. The van der Waals surface area contributed by atoms with Gasteiger partial charge in [-0.15, -0.1) is 0 Å². The molecular weight excluding hydrogens is 198 g/mol. The molecule has 0 aliphatic heterocycles. The van der Waals surface area contributed by atoms with Crippen molar-refractivity contribution in [2.75, 3.05) is 0 Å². The highest BCUT2D eigenvalue weighted by atomic mass is 16.3. The fourth-order valence-electron chi connectivity index (χ4n) is 1.88. The fraction of sp³-hybridized carbons (Fsp3) is 0.714. The van der Waals surface area contributed by atoms with E-state index in [1.807, 2.05) is 19.9 Å². The van der Waals surface area contributed by atoms with Gasteiger partial charge < -0.3 is 9.67 Å². The van der Waals surface area contributed by atoms with Gasteiger partial charge in [0.1, 0.15) is 0 Å². The van der Waals surface area contributed by atoms with Crippen LogP contribution in [0.4, 0.5) is 0 Å². The molecule has 1 rings (SSSR count). The first-order valence-corrected chi connectivity index (χ1v) is 6.49. The van der Waals surface area contributed by atoms with Crippen molar-refractivity contribution in [3.05, 3.63) is 24.0 Å². The second-order valence-corrected chi connectivity index (χ2v) is 4.93. The molecule has 0 aliphatic rings. The highest BCUT2D eigenvalue weighted by Gasteiger charge is 2.12. The molecule has 0 bridgehead atoms. The molecule has 0 spiro atoms. The third-order valence-corrected chi connectivity index (χ3v) is 3.02. The predicted molar refractivity (Wildman–Crippen MR) is 68.4 cm³/mol. The van der Waals surface area contributed by atoms with Crippen LogP contribution in [0.2, 0.25) is 0 Å². The molecule has 0 aliphatic carbocycles. The number of aromatic nitrogens is 1. The molecule has 16 heavy (non-hydrogen) atoms. The summed E-state index contributed by atoms with van der Waals surface area (Å²) in [6, 6.07) is 2.03. The number of hydrogen-bond donors (Lipinski definition) is 1. The van der Waals surface area contributed by atoms with E-state index in [-0.39, 0.29) is 12.0 Å². The summed E-state index contributed by atoms with van der Waals surface area (Å²) in [6.45, 7) is 7.39. The van der Waals surface area contributed by atoms with Crippen molar-refractivity contribution in [3.63, 3.8) is 0 Å². The normalized spacial score (nSPS) is 13.3. The van der Waals surface area contributed by atoms with Gasteiger partial charge in [-0.2, -0.15) is 0 Å². The van der Waals surface area contributed by atoms with Crippen LogP contribution in [-0.4, -0.2) is 9.67 Å². The Morgan fingerprint density at radius 1 is 1.25 bits per heavy atom. The molecule has 2 heteroatoms. The van der Waals surface area contributed by atoms with E-state index in [4.69, 9.17) is 0 Å². The molecule has 0 radical (unpaired) electrons. The van der Waals surface area contributed by atoms with Gasteiger partial charge in [-0.05, 0) is 24.0 Å². The maximum absolute atomic E-state index is 9.91. The molecule has 1 atom stereocenters. The number of nitrogens with zero attached hydrogens (tertiary/aromatic N) is 1. The molecule has 1 aromatic rings. The highest BCUT2D eigenvalue weighted by molar-refractivity contribution is 5.13. The number of aryl methyl sites for hydroxylation is 1. The quantitative estimate of drug-likeness (QED) is 0.700. The second-order valence-electron chi connectivity index (χ2n) is 4.93. The average molecular weight is 223 g/mol. The lowest BCUT2D eigenvalue weighted by Gasteiger charge is -2.12. The largest absolute Gasteiger partial charge is 0.388 e. The monoisotopic (exact) mass is 223 g/mol. The first kappa shape index (κ1) is 13.3. The van der Waals surface area contributed by atoms with Crippen LogP contribution in [0.15, 0.2) is 18.5 Å². The molecule has 0 amide bonds. The van der Waals surface area contributed by atoms with Crippen LogP contribution in [0.1, 0.15) is 58.1 Å². The van der Waals surface area contributed by atoms with Crippen molar-refractivity contribution < 1.29 is 5.11 Å². The lowest BCUT2D eigenvalue weighted by atomic mass is 10.0. The van der Waals surface area contributed by atoms with Crippen LogP contribution in [-0.2, 0) is 6.54 Å². The van der Waals surface area contributed by atoms with Crippen LogP contribution in [0, 0.1) is 5.92 Å². The van der Waals surface area contributed by atoms with Gasteiger partial charge in [-0.1, -0.05) is 40.0 Å². The Labute approximate surface area is 99.3 Å². The number of aliphatic hydroxyl groups excluding tert-OH is 1. The molecule has 1 unspecified atom stereocenters. The topological polar surface area (TPSA) is 25.2 Å². The minimum absolute atomic E-state index is 0.288. The molecule has 92 valence electrons. The van der Waals surface area contributed by atoms with Gasteiger partial charge in [-0.3, -0.25) is 0 Å². The summed E-state index contributed by atoms with van der Waals surface area (Å²) in [5.41, 5.74) is 1.05. The predicted octanol–water partition coefficient (Wildman–Crippen LogP) is 3.76. The number of aliphatic hydroxyl groups is 1. The molecule has 0 aromatic carbocycles. The molecule has 0 saturated heterocycles.